The number of unbranched alkanes of at least 4 members (excludes halogenated alkanes) is 3. The van der Waals surface area contributed by atoms with E-state index >= 15 is 0 Å². The van der Waals surface area contributed by atoms with Crippen LogP contribution in [0.25, 0.3) is 0 Å². The summed E-state index contributed by atoms with van der Waals surface area (Å²) in [5.41, 5.74) is 0.455. The maximum Gasteiger partial charge on any atom is 0.266 e. The molecule has 0 rings (SSSR count). The first-order valence-corrected chi connectivity index (χ1v) is 7.39. The third-order valence-electron chi connectivity index (χ3n) is 2.30. The number of amides is 1. The summed E-state index contributed by atoms with van der Waals surface area (Å²) in [6, 6.07) is 0. The third-order valence-corrected chi connectivity index (χ3v) is 3.02. The zero-order valence-electron chi connectivity index (χ0n) is 10.2. The molecule has 0 aromatic rings. The average molecular weight is 263 g/mol. The van der Waals surface area contributed by atoms with Crippen LogP contribution < -0.4 is 5.32 Å². The van der Waals surface area contributed by atoms with Gasteiger partial charge in [0.15, 0.2) is 0 Å². The van der Waals surface area contributed by atoms with Gasteiger partial charge in [-0.2, -0.15) is 8.42 Å². The Balaban J connectivity index is 3.72. The summed E-state index contributed by atoms with van der Waals surface area (Å²) in [6.07, 6.45) is 4.87. The predicted octanol–water partition coefficient (Wildman–Crippen LogP) is 1.52. The van der Waals surface area contributed by atoms with Gasteiger partial charge in [-0.1, -0.05) is 32.8 Å². The second-order valence-electron chi connectivity index (χ2n) is 3.96. The maximum atomic E-state index is 11.4. The molecular formula is C11H21NO4S. The highest BCUT2D eigenvalue weighted by Crippen LogP contribution is 2.08. The summed E-state index contributed by atoms with van der Waals surface area (Å²) in [5.74, 6) is -0.813. The van der Waals surface area contributed by atoms with Crippen molar-refractivity contribution in [3.8, 4) is 0 Å². The van der Waals surface area contributed by atoms with E-state index in [0.29, 0.717) is 12.0 Å². The first-order chi connectivity index (χ1) is 7.87. The molecule has 0 heterocycles. The second kappa shape index (κ2) is 8.25. The van der Waals surface area contributed by atoms with E-state index in [1.54, 1.807) is 0 Å². The molecule has 0 saturated heterocycles. The highest BCUT2D eigenvalue weighted by atomic mass is 32.2. The molecule has 0 saturated carbocycles. The van der Waals surface area contributed by atoms with E-state index in [4.69, 9.17) is 4.55 Å². The van der Waals surface area contributed by atoms with E-state index in [0.717, 1.165) is 25.7 Å². The van der Waals surface area contributed by atoms with E-state index in [2.05, 4.69) is 18.8 Å². The fraction of sp³-hybridized carbons (Fsp3) is 0.727. The van der Waals surface area contributed by atoms with Gasteiger partial charge in [0.1, 0.15) is 0 Å². The topological polar surface area (TPSA) is 83.5 Å². The van der Waals surface area contributed by atoms with Crippen LogP contribution in [0.3, 0.4) is 0 Å². The molecule has 5 nitrogen and oxygen atoms in total. The predicted molar refractivity (Wildman–Crippen MR) is 67.3 cm³/mol. The van der Waals surface area contributed by atoms with E-state index in [1.165, 1.54) is 0 Å². The molecule has 17 heavy (non-hydrogen) atoms. The van der Waals surface area contributed by atoms with Crippen molar-refractivity contribution in [1.82, 2.24) is 5.32 Å². The van der Waals surface area contributed by atoms with Crippen molar-refractivity contribution >= 4 is 16.0 Å². The van der Waals surface area contributed by atoms with Crippen LogP contribution in [0.4, 0.5) is 0 Å². The lowest BCUT2D eigenvalue weighted by molar-refractivity contribution is -0.117. The Hall–Kier alpha value is -0.880. The van der Waals surface area contributed by atoms with Crippen molar-refractivity contribution in [2.24, 2.45) is 0 Å². The van der Waals surface area contributed by atoms with Gasteiger partial charge in [0.05, 0.1) is 5.75 Å². The molecule has 0 aromatic heterocycles. The third kappa shape index (κ3) is 10.0. The molecule has 0 unspecified atom stereocenters. The van der Waals surface area contributed by atoms with Gasteiger partial charge in [-0.15, -0.1) is 0 Å². The normalized spacial score (nSPS) is 11.2. The number of carbonyl (C=O) groups excluding carboxylic acids is 1. The number of hydrogen-bond donors (Lipinski definition) is 2. The van der Waals surface area contributed by atoms with Crippen molar-refractivity contribution in [3.63, 3.8) is 0 Å². The summed E-state index contributed by atoms with van der Waals surface area (Å²) >= 11 is 0. The van der Waals surface area contributed by atoms with Gasteiger partial charge in [-0.05, 0) is 12.8 Å². The standard InChI is InChI=1S/C11H21NO4S/c1-3-4-5-6-7-10(2)11(13)12-8-9-17(14,15)16/h2-9H2,1H3,(H,12,13)(H,14,15,16). The van der Waals surface area contributed by atoms with Gasteiger partial charge in [0.2, 0.25) is 5.91 Å². The average Bonchev–Trinajstić information content (AvgIpc) is 2.22. The van der Waals surface area contributed by atoms with Gasteiger partial charge in [0.25, 0.3) is 10.1 Å². The molecule has 1 amide bonds. The monoisotopic (exact) mass is 263 g/mol. The van der Waals surface area contributed by atoms with Crippen LogP contribution >= 0.6 is 0 Å². The van der Waals surface area contributed by atoms with E-state index in [1.807, 2.05) is 0 Å². The molecule has 0 aliphatic carbocycles. The number of carbonyl (C=O) groups is 1. The molecule has 0 aliphatic rings. The Labute approximate surface area is 103 Å². The van der Waals surface area contributed by atoms with Crippen molar-refractivity contribution in [2.45, 2.75) is 39.0 Å². The first-order valence-electron chi connectivity index (χ1n) is 5.78. The summed E-state index contributed by atoms with van der Waals surface area (Å²) < 4.78 is 29.3. The first kappa shape index (κ1) is 16.1. The number of hydrogen-bond acceptors (Lipinski definition) is 3. The second-order valence-corrected chi connectivity index (χ2v) is 5.53. The summed E-state index contributed by atoms with van der Waals surface area (Å²) in [6.45, 7) is 5.66. The zero-order valence-corrected chi connectivity index (χ0v) is 11.1. The van der Waals surface area contributed by atoms with Crippen LogP contribution in [-0.2, 0) is 14.9 Å². The van der Waals surface area contributed by atoms with E-state index < -0.39 is 15.9 Å². The molecule has 6 heteroatoms. The Morgan fingerprint density at radius 1 is 1.29 bits per heavy atom. The smallest absolute Gasteiger partial charge is 0.266 e. The van der Waals surface area contributed by atoms with Crippen molar-refractivity contribution < 1.29 is 17.8 Å². The van der Waals surface area contributed by atoms with Crippen molar-refractivity contribution in [2.75, 3.05) is 12.3 Å². The lowest BCUT2D eigenvalue weighted by Crippen LogP contribution is -2.29. The Morgan fingerprint density at radius 2 is 1.94 bits per heavy atom. The molecular weight excluding hydrogens is 242 g/mol. The van der Waals surface area contributed by atoms with Gasteiger partial charge < -0.3 is 5.32 Å². The van der Waals surface area contributed by atoms with Crippen LogP contribution in [0.15, 0.2) is 12.2 Å². The van der Waals surface area contributed by atoms with Gasteiger partial charge in [-0.3, -0.25) is 9.35 Å². The number of nitrogens with one attached hydrogen (secondary N) is 1. The Morgan fingerprint density at radius 3 is 2.47 bits per heavy atom. The van der Waals surface area contributed by atoms with E-state index in [9.17, 15) is 13.2 Å². The molecule has 0 bridgehead atoms. The van der Waals surface area contributed by atoms with Crippen molar-refractivity contribution in [1.29, 1.82) is 0 Å². The van der Waals surface area contributed by atoms with Crippen LogP contribution in [0.2, 0.25) is 0 Å². The molecule has 2 N–H and O–H groups in total. The minimum atomic E-state index is -4.01. The molecule has 0 aliphatic heterocycles. The van der Waals surface area contributed by atoms with Gasteiger partial charge in [0, 0.05) is 12.1 Å². The molecule has 100 valence electrons. The maximum absolute atomic E-state index is 11.4. The highest BCUT2D eigenvalue weighted by molar-refractivity contribution is 7.85. The molecule has 0 aromatic carbocycles. The summed E-state index contributed by atoms with van der Waals surface area (Å²) in [4.78, 5) is 11.4. The highest BCUT2D eigenvalue weighted by Gasteiger charge is 2.08. The minimum absolute atomic E-state index is 0.0916. The minimum Gasteiger partial charge on any atom is -0.351 e. The van der Waals surface area contributed by atoms with Gasteiger partial charge in [-0.25, -0.2) is 0 Å². The lowest BCUT2D eigenvalue weighted by Gasteiger charge is -2.06. The molecule has 0 fully saturated rings. The molecule has 0 spiro atoms. The van der Waals surface area contributed by atoms with Crippen LogP contribution in [0, 0.1) is 0 Å². The molecule has 0 atom stereocenters. The lowest BCUT2D eigenvalue weighted by atomic mass is 10.1. The van der Waals surface area contributed by atoms with Crippen LogP contribution in [0.5, 0.6) is 0 Å². The fourth-order valence-electron chi connectivity index (χ4n) is 1.30. The summed E-state index contributed by atoms with van der Waals surface area (Å²) in [7, 11) is -4.01. The fourth-order valence-corrected chi connectivity index (χ4v) is 1.66. The van der Waals surface area contributed by atoms with E-state index in [-0.39, 0.29) is 12.5 Å². The quantitative estimate of drug-likeness (QED) is 0.375. The summed E-state index contributed by atoms with van der Waals surface area (Å²) in [5, 5.41) is 2.40. The Bertz CT molecular complexity index is 348. The van der Waals surface area contributed by atoms with Crippen LogP contribution in [-0.4, -0.2) is 31.2 Å². The zero-order chi connectivity index (χ0) is 13.3. The van der Waals surface area contributed by atoms with Crippen LogP contribution in [0.1, 0.15) is 39.0 Å². The van der Waals surface area contributed by atoms with Crippen molar-refractivity contribution in [3.05, 3.63) is 12.2 Å². The largest absolute Gasteiger partial charge is 0.351 e. The number of rotatable bonds is 9. The molecule has 0 radical (unpaired) electrons. The SMILES string of the molecule is C=C(CCCCCC)C(=O)NCCS(=O)(=O)O. The van der Waals surface area contributed by atoms with Gasteiger partial charge >= 0.3 is 0 Å². The Kier molecular flexibility index (Phi) is 7.82.